The summed E-state index contributed by atoms with van der Waals surface area (Å²) in [4.78, 5) is 32.8. The minimum Gasteiger partial charge on any atom is -0.482 e. The molecule has 0 radical (unpaired) electrons. The van der Waals surface area contributed by atoms with Gasteiger partial charge < -0.3 is 9.84 Å². The van der Waals surface area contributed by atoms with Crippen LogP contribution in [0.1, 0.15) is 15.9 Å². The van der Waals surface area contributed by atoms with Gasteiger partial charge in [0.05, 0.1) is 4.92 Å². The Hall–Kier alpha value is -3.19. The van der Waals surface area contributed by atoms with Crippen molar-refractivity contribution in [1.29, 1.82) is 0 Å². The first-order valence-corrected chi connectivity index (χ1v) is 7.35. The molecule has 1 N–H and O–H groups in total. The number of nitro benzene ring substituents is 1. The second-order valence-corrected chi connectivity index (χ2v) is 5.28. The van der Waals surface area contributed by atoms with Crippen LogP contribution in [0, 0.1) is 10.1 Å². The number of nitrogens with zero attached hydrogens (tertiary/aromatic N) is 1. The fourth-order valence-corrected chi connectivity index (χ4v) is 2.09. The Morgan fingerprint density at radius 2 is 1.88 bits per heavy atom. The number of benzene rings is 2. The zero-order valence-electron chi connectivity index (χ0n) is 12.7. The molecule has 0 unspecified atom stereocenters. The Morgan fingerprint density at radius 1 is 1.20 bits per heavy atom. The number of hydrogen-bond donors (Lipinski definition) is 1. The number of allylic oxidation sites excluding steroid dienone is 1. The molecule has 2 aromatic rings. The van der Waals surface area contributed by atoms with E-state index in [9.17, 15) is 19.7 Å². The third-order valence-corrected chi connectivity index (χ3v) is 3.41. The van der Waals surface area contributed by atoms with E-state index in [0.717, 1.165) is 0 Å². The van der Waals surface area contributed by atoms with Crippen molar-refractivity contribution in [2.24, 2.45) is 0 Å². The highest BCUT2D eigenvalue weighted by molar-refractivity contribution is 6.32. The molecular weight excluding hydrogens is 350 g/mol. The Labute approximate surface area is 147 Å². The largest absolute Gasteiger partial charge is 0.482 e. The first-order valence-electron chi connectivity index (χ1n) is 6.98. The average Bonchev–Trinajstić information content (AvgIpc) is 2.59. The van der Waals surface area contributed by atoms with E-state index in [1.54, 1.807) is 6.07 Å². The highest BCUT2D eigenvalue weighted by Crippen LogP contribution is 2.25. The van der Waals surface area contributed by atoms with Crippen LogP contribution < -0.4 is 4.74 Å². The minimum atomic E-state index is -1.10. The standard InChI is InChI=1S/C17H12ClNO6/c18-14-7-1-11(9-15(14)19(23)24)2-8-16(20)12-3-5-13(6-4-12)25-10-17(21)22/h1-9H,10H2,(H,21,22)/b8-2+. The summed E-state index contributed by atoms with van der Waals surface area (Å²) >= 11 is 5.73. The fraction of sp³-hybridized carbons (Fsp3) is 0.0588. The molecule has 128 valence electrons. The van der Waals surface area contributed by atoms with Gasteiger partial charge in [-0.3, -0.25) is 14.9 Å². The van der Waals surface area contributed by atoms with Crippen LogP contribution in [0.2, 0.25) is 5.02 Å². The van der Waals surface area contributed by atoms with Crippen molar-refractivity contribution in [2.75, 3.05) is 6.61 Å². The summed E-state index contributed by atoms with van der Waals surface area (Å²) in [6, 6.07) is 10.2. The molecule has 8 heteroatoms. The maximum absolute atomic E-state index is 12.1. The van der Waals surface area contributed by atoms with Crippen LogP contribution in [0.25, 0.3) is 6.08 Å². The van der Waals surface area contributed by atoms with Gasteiger partial charge in [0, 0.05) is 11.6 Å². The highest BCUT2D eigenvalue weighted by Gasteiger charge is 2.12. The van der Waals surface area contributed by atoms with E-state index in [-0.39, 0.29) is 16.5 Å². The Bertz CT molecular complexity index is 845. The predicted molar refractivity (Wildman–Crippen MR) is 91.0 cm³/mol. The maximum atomic E-state index is 12.1. The van der Waals surface area contributed by atoms with Crippen molar-refractivity contribution < 1.29 is 24.4 Å². The minimum absolute atomic E-state index is 0.0189. The van der Waals surface area contributed by atoms with Crippen molar-refractivity contribution in [3.05, 3.63) is 74.8 Å². The van der Waals surface area contributed by atoms with Crippen LogP contribution in [0.5, 0.6) is 5.75 Å². The van der Waals surface area contributed by atoms with Crippen molar-refractivity contribution in [1.82, 2.24) is 0 Å². The van der Waals surface area contributed by atoms with Gasteiger partial charge in [-0.2, -0.15) is 0 Å². The first-order chi connectivity index (χ1) is 11.9. The Kier molecular flexibility index (Phi) is 5.86. The molecule has 0 aromatic heterocycles. The second kappa shape index (κ2) is 8.07. The van der Waals surface area contributed by atoms with Crippen molar-refractivity contribution >= 4 is 35.1 Å². The molecular formula is C17H12ClNO6. The number of rotatable bonds is 7. The molecule has 0 spiro atoms. The summed E-state index contributed by atoms with van der Waals surface area (Å²) in [5.74, 6) is -1.08. The third kappa shape index (κ3) is 5.15. The number of carbonyl (C=O) groups excluding carboxylic acids is 1. The molecule has 0 aliphatic heterocycles. The first kappa shape index (κ1) is 18.2. The van der Waals surface area contributed by atoms with E-state index in [2.05, 4.69) is 0 Å². The zero-order chi connectivity index (χ0) is 18.4. The number of nitro groups is 1. The lowest BCUT2D eigenvalue weighted by Gasteiger charge is -2.03. The molecule has 0 bridgehead atoms. The number of carboxylic acid groups (broad SMARTS) is 1. The smallest absolute Gasteiger partial charge is 0.341 e. The number of carboxylic acids is 1. The van der Waals surface area contributed by atoms with Crippen LogP contribution in [0.4, 0.5) is 5.69 Å². The van der Waals surface area contributed by atoms with Crippen LogP contribution in [0.15, 0.2) is 48.5 Å². The lowest BCUT2D eigenvalue weighted by atomic mass is 10.1. The van der Waals surface area contributed by atoms with Gasteiger partial charge in [0.25, 0.3) is 5.69 Å². The van der Waals surface area contributed by atoms with Gasteiger partial charge in [-0.15, -0.1) is 0 Å². The number of halogens is 1. The molecule has 0 amide bonds. The van der Waals surface area contributed by atoms with Gasteiger partial charge in [0.2, 0.25) is 0 Å². The number of ether oxygens (including phenoxy) is 1. The number of aliphatic carboxylic acids is 1. The van der Waals surface area contributed by atoms with Crippen molar-refractivity contribution in [2.45, 2.75) is 0 Å². The van der Waals surface area contributed by atoms with E-state index < -0.39 is 17.5 Å². The third-order valence-electron chi connectivity index (χ3n) is 3.10. The van der Waals surface area contributed by atoms with Crippen LogP contribution in [-0.2, 0) is 4.79 Å². The number of carbonyl (C=O) groups is 2. The van der Waals surface area contributed by atoms with Crippen LogP contribution in [-0.4, -0.2) is 28.4 Å². The molecule has 7 nitrogen and oxygen atoms in total. The maximum Gasteiger partial charge on any atom is 0.341 e. The van der Waals surface area contributed by atoms with Gasteiger partial charge in [-0.25, -0.2) is 4.79 Å². The molecule has 0 aliphatic carbocycles. The van der Waals surface area contributed by atoms with Crippen LogP contribution in [0.3, 0.4) is 0 Å². The van der Waals surface area contributed by atoms with Gasteiger partial charge >= 0.3 is 5.97 Å². The average molecular weight is 362 g/mol. The van der Waals surface area contributed by atoms with Gasteiger partial charge in [0.15, 0.2) is 12.4 Å². The Balaban J connectivity index is 2.08. The van der Waals surface area contributed by atoms with E-state index in [1.165, 1.54) is 48.6 Å². The number of hydrogen-bond acceptors (Lipinski definition) is 5. The van der Waals surface area contributed by atoms with Crippen molar-refractivity contribution in [3.63, 3.8) is 0 Å². The highest BCUT2D eigenvalue weighted by atomic mass is 35.5. The second-order valence-electron chi connectivity index (χ2n) is 4.87. The normalized spacial score (nSPS) is 10.6. The quantitative estimate of drug-likeness (QED) is 0.349. The van der Waals surface area contributed by atoms with Gasteiger partial charge in [0.1, 0.15) is 10.8 Å². The molecule has 2 aromatic carbocycles. The Morgan fingerprint density at radius 3 is 2.48 bits per heavy atom. The summed E-state index contributed by atoms with van der Waals surface area (Å²) in [6.45, 7) is -0.470. The number of ketones is 1. The molecule has 25 heavy (non-hydrogen) atoms. The lowest BCUT2D eigenvalue weighted by molar-refractivity contribution is -0.384. The van der Waals surface area contributed by atoms with E-state index in [1.807, 2.05) is 0 Å². The fourth-order valence-electron chi connectivity index (χ4n) is 1.90. The van der Waals surface area contributed by atoms with E-state index in [4.69, 9.17) is 21.4 Å². The monoisotopic (exact) mass is 361 g/mol. The topological polar surface area (TPSA) is 107 Å². The lowest BCUT2D eigenvalue weighted by Crippen LogP contribution is -2.09. The molecule has 0 saturated heterocycles. The van der Waals surface area contributed by atoms with Crippen LogP contribution >= 0.6 is 11.6 Å². The van der Waals surface area contributed by atoms with Gasteiger partial charge in [-0.1, -0.05) is 23.7 Å². The molecule has 0 fully saturated rings. The summed E-state index contributed by atoms with van der Waals surface area (Å²) in [6.07, 6.45) is 2.72. The van der Waals surface area contributed by atoms with E-state index >= 15 is 0 Å². The summed E-state index contributed by atoms with van der Waals surface area (Å²) < 4.78 is 4.97. The summed E-state index contributed by atoms with van der Waals surface area (Å²) in [5.41, 5.74) is 0.587. The summed E-state index contributed by atoms with van der Waals surface area (Å²) in [7, 11) is 0. The molecule has 0 atom stereocenters. The van der Waals surface area contributed by atoms with Gasteiger partial charge in [-0.05, 0) is 42.0 Å². The predicted octanol–water partition coefficient (Wildman–Crippen LogP) is 3.61. The molecule has 2 rings (SSSR count). The SMILES string of the molecule is O=C(O)COc1ccc(C(=O)/C=C/c2ccc(Cl)c([N+](=O)[O-])c2)cc1. The molecule has 0 heterocycles. The summed E-state index contributed by atoms with van der Waals surface area (Å²) in [5, 5.41) is 19.4. The zero-order valence-corrected chi connectivity index (χ0v) is 13.5. The van der Waals surface area contributed by atoms with Crippen molar-refractivity contribution in [3.8, 4) is 5.75 Å². The molecule has 0 saturated carbocycles. The molecule has 0 aliphatic rings. The van der Waals surface area contributed by atoms with E-state index in [0.29, 0.717) is 16.9 Å².